The monoisotopic (exact) mass is 369 g/mol. The molecule has 2 saturated heterocycles. The van der Waals surface area contributed by atoms with Gasteiger partial charge in [-0.25, -0.2) is 0 Å². The van der Waals surface area contributed by atoms with Crippen molar-refractivity contribution in [2.24, 2.45) is 5.41 Å². The molecule has 2 aromatic rings. The van der Waals surface area contributed by atoms with Crippen LogP contribution in [0.25, 0.3) is 11.1 Å². The molecule has 2 aliphatic heterocycles. The lowest BCUT2D eigenvalue weighted by molar-refractivity contribution is -0.0287. The Balaban J connectivity index is 1.51. The smallest absolute Gasteiger partial charge is 0.272 e. The lowest BCUT2D eigenvalue weighted by Gasteiger charge is -2.48. The van der Waals surface area contributed by atoms with Crippen LogP contribution in [0.2, 0.25) is 0 Å². The van der Waals surface area contributed by atoms with Gasteiger partial charge < -0.3 is 20.6 Å². The predicted octanol–water partition coefficient (Wildman–Crippen LogP) is 1.58. The summed E-state index contributed by atoms with van der Waals surface area (Å²) in [6.07, 6.45) is 2.36. The van der Waals surface area contributed by atoms with Crippen molar-refractivity contribution in [3.63, 3.8) is 0 Å². The summed E-state index contributed by atoms with van der Waals surface area (Å²) in [5.41, 5.74) is 8.16. The molecule has 0 radical (unpaired) electrons. The molecular formula is C20H27N5O2. The predicted molar refractivity (Wildman–Crippen MR) is 104 cm³/mol. The largest absolute Gasteiger partial charge is 0.392 e. The Bertz CT molecular complexity index is 799. The molecule has 1 unspecified atom stereocenters. The van der Waals surface area contributed by atoms with Gasteiger partial charge in [0.05, 0.1) is 11.7 Å². The van der Waals surface area contributed by atoms with Gasteiger partial charge in [0.15, 0.2) is 5.82 Å². The number of amides is 1. The number of likely N-dealkylation sites (tertiary alicyclic amines) is 2. The van der Waals surface area contributed by atoms with Crippen LogP contribution >= 0.6 is 0 Å². The molecule has 1 aromatic carbocycles. The molecule has 1 amide bonds. The summed E-state index contributed by atoms with van der Waals surface area (Å²) in [6.45, 7) is 3.09. The van der Waals surface area contributed by atoms with Crippen LogP contribution < -0.4 is 5.73 Å². The van der Waals surface area contributed by atoms with E-state index >= 15 is 0 Å². The van der Waals surface area contributed by atoms with E-state index in [1.807, 2.05) is 35.2 Å². The van der Waals surface area contributed by atoms with Crippen molar-refractivity contribution >= 4 is 11.7 Å². The average molecular weight is 369 g/mol. The second-order valence-corrected chi connectivity index (χ2v) is 8.07. The van der Waals surface area contributed by atoms with Gasteiger partial charge in [-0.15, -0.1) is 0 Å². The van der Waals surface area contributed by atoms with Gasteiger partial charge in [-0.05, 0) is 37.3 Å². The summed E-state index contributed by atoms with van der Waals surface area (Å²) in [6, 6.07) is 9.64. The number of carbonyl (C=O) groups excluding carboxylic acids is 1. The van der Waals surface area contributed by atoms with Gasteiger partial charge in [-0.1, -0.05) is 30.3 Å². The molecule has 144 valence electrons. The highest BCUT2D eigenvalue weighted by Crippen LogP contribution is 2.40. The summed E-state index contributed by atoms with van der Waals surface area (Å²) in [7, 11) is 2.06. The molecule has 7 heteroatoms. The summed E-state index contributed by atoms with van der Waals surface area (Å²) in [5.74, 6) is 0.285. The second kappa shape index (κ2) is 6.98. The number of aromatic amines is 1. The Morgan fingerprint density at radius 2 is 2.00 bits per heavy atom. The quantitative estimate of drug-likeness (QED) is 0.746. The summed E-state index contributed by atoms with van der Waals surface area (Å²) >= 11 is 0. The van der Waals surface area contributed by atoms with E-state index in [1.54, 1.807) is 0 Å². The first-order valence-electron chi connectivity index (χ1n) is 9.53. The molecule has 3 heterocycles. The Morgan fingerprint density at radius 1 is 1.30 bits per heavy atom. The SMILES string of the molecule is CN1CC(O)CC2(CCN(C(=O)c3[nH]nc(N)c3-c3ccccc3)CC2)C1. The molecule has 1 atom stereocenters. The van der Waals surface area contributed by atoms with Gasteiger partial charge in [0.25, 0.3) is 5.91 Å². The number of H-pyrrole nitrogens is 1. The number of carbonyl (C=O) groups is 1. The Kier molecular flexibility index (Phi) is 4.65. The third-order valence-electron chi connectivity index (χ3n) is 5.98. The van der Waals surface area contributed by atoms with Crippen molar-refractivity contribution in [2.75, 3.05) is 39.0 Å². The second-order valence-electron chi connectivity index (χ2n) is 8.07. The maximum Gasteiger partial charge on any atom is 0.272 e. The normalized spacial score (nSPS) is 22.9. The first-order valence-corrected chi connectivity index (χ1v) is 9.53. The van der Waals surface area contributed by atoms with Crippen molar-refractivity contribution in [1.82, 2.24) is 20.0 Å². The Labute approximate surface area is 159 Å². The Hall–Kier alpha value is -2.38. The van der Waals surface area contributed by atoms with Crippen LogP contribution in [0, 0.1) is 5.41 Å². The van der Waals surface area contributed by atoms with Crippen molar-refractivity contribution in [3.05, 3.63) is 36.0 Å². The van der Waals surface area contributed by atoms with Crippen molar-refractivity contribution in [2.45, 2.75) is 25.4 Å². The zero-order valence-electron chi connectivity index (χ0n) is 15.7. The first kappa shape index (κ1) is 18.0. The highest BCUT2D eigenvalue weighted by molar-refractivity contribution is 6.01. The molecule has 4 N–H and O–H groups in total. The average Bonchev–Trinajstić information content (AvgIpc) is 3.03. The fourth-order valence-corrected chi connectivity index (χ4v) is 4.74. The number of nitrogens with two attached hydrogens (primary N) is 1. The third-order valence-corrected chi connectivity index (χ3v) is 5.98. The number of likely N-dealkylation sites (N-methyl/N-ethyl adjacent to an activating group) is 1. The number of rotatable bonds is 2. The van der Waals surface area contributed by atoms with Crippen molar-refractivity contribution in [1.29, 1.82) is 0 Å². The van der Waals surface area contributed by atoms with Gasteiger partial charge in [-0.3, -0.25) is 9.89 Å². The van der Waals surface area contributed by atoms with E-state index in [9.17, 15) is 9.90 Å². The van der Waals surface area contributed by atoms with Gasteiger partial charge in [-0.2, -0.15) is 5.10 Å². The minimum Gasteiger partial charge on any atom is -0.392 e. The molecular weight excluding hydrogens is 342 g/mol. The summed E-state index contributed by atoms with van der Waals surface area (Å²) in [4.78, 5) is 17.2. The summed E-state index contributed by atoms with van der Waals surface area (Å²) < 4.78 is 0. The first-order chi connectivity index (χ1) is 13.0. The molecule has 2 aliphatic rings. The molecule has 0 aliphatic carbocycles. The lowest BCUT2D eigenvalue weighted by Crippen LogP contribution is -2.53. The molecule has 4 rings (SSSR count). The standard InChI is InChI=1S/C20H27N5O2/c1-24-12-15(26)11-20(13-24)7-9-25(10-8-20)19(27)17-16(18(21)23-22-17)14-5-3-2-4-6-14/h2-6,15,26H,7-13H2,1H3,(H3,21,22,23). The number of anilines is 1. The van der Waals surface area contributed by atoms with Crippen molar-refractivity contribution in [3.8, 4) is 11.1 Å². The number of nitrogens with zero attached hydrogens (tertiary/aromatic N) is 3. The fourth-order valence-electron chi connectivity index (χ4n) is 4.74. The molecule has 1 aromatic heterocycles. The van der Waals surface area contributed by atoms with Crippen LogP contribution in [0.5, 0.6) is 0 Å². The number of nitrogens with one attached hydrogen (secondary N) is 1. The maximum absolute atomic E-state index is 13.1. The van der Waals surface area contributed by atoms with E-state index in [0.29, 0.717) is 30.2 Å². The molecule has 0 bridgehead atoms. The number of aliphatic hydroxyl groups excluding tert-OH is 1. The molecule has 27 heavy (non-hydrogen) atoms. The zero-order valence-corrected chi connectivity index (χ0v) is 15.7. The van der Waals surface area contributed by atoms with E-state index in [-0.39, 0.29) is 17.4 Å². The van der Waals surface area contributed by atoms with E-state index in [4.69, 9.17) is 5.73 Å². The number of benzene rings is 1. The number of piperidine rings is 2. The van der Waals surface area contributed by atoms with E-state index < -0.39 is 0 Å². The van der Waals surface area contributed by atoms with Gasteiger partial charge in [0.2, 0.25) is 0 Å². The highest BCUT2D eigenvalue weighted by atomic mass is 16.3. The highest BCUT2D eigenvalue weighted by Gasteiger charge is 2.41. The van der Waals surface area contributed by atoms with Crippen LogP contribution in [0.3, 0.4) is 0 Å². The van der Waals surface area contributed by atoms with Gasteiger partial charge in [0, 0.05) is 26.2 Å². The number of aliphatic hydroxyl groups is 1. The molecule has 0 saturated carbocycles. The van der Waals surface area contributed by atoms with Crippen molar-refractivity contribution < 1.29 is 9.90 Å². The maximum atomic E-state index is 13.1. The van der Waals surface area contributed by atoms with Crippen LogP contribution in [-0.4, -0.2) is 70.3 Å². The summed E-state index contributed by atoms with van der Waals surface area (Å²) in [5, 5.41) is 17.1. The van der Waals surface area contributed by atoms with Crippen LogP contribution in [0.1, 0.15) is 29.8 Å². The third kappa shape index (κ3) is 3.44. The van der Waals surface area contributed by atoms with Crippen LogP contribution in [0.4, 0.5) is 5.82 Å². The number of hydrogen-bond donors (Lipinski definition) is 3. The van der Waals surface area contributed by atoms with Gasteiger partial charge in [0.1, 0.15) is 5.69 Å². The number of hydrogen-bond acceptors (Lipinski definition) is 5. The topological polar surface area (TPSA) is 98.5 Å². The van der Waals surface area contributed by atoms with Gasteiger partial charge >= 0.3 is 0 Å². The zero-order chi connectivity index (χ0) is 19.0. The number of aromatic nitrogens is 2. The minimum absolute atomic E-state index is 0.0578. The van der Waals surface area contributed by atoms with E-state index in [1.165, 1.54) is 0 Å². The van der Waals surface area contributed by atoms with E-state index in [0.717, 1.165) is 37.9 Å². The Morgan fingerprint density at radius 3 is 2.67 bits per heavy atom. The fraction of sp³-hybridized carbons (Fsp3) is 0.500. The minimum atomic E-state index is -0.275. The molecule has 7 nitrogen and oxygen atoms in total. The molecule has 1 spiro atoms. The molecule has 2 fully saturated rings. The van der Waals surface area contributed by atoms with E-state index in [2.05, 4.69) is 22.1 Å². The number of nitrogen functional groups attached to an aromatic ring is 1. The lowest BCUT2D eigenvalue weighted by atomic mass is 9.71. The van der Waals surface area contributed by atoms with Crippen LogP contribution in [0.15, 0.2) is 30.3 Å². The van der Waals surface area contributed by atoms with Crippen LogP contribution in [-0.2, 0) is 0 Å². The number of β-amino-alcohol motifs (C(OH)–C–C–N with tert-alkyl or cyclic N) is 1.